The minimum atomic E-state index is -2.51. The van der Waals surface area contributed by atoms with Gasteiger partial charge in [0.2, 0.25) is 0 Å². The van der Waals surface area contributed by atoms with Gasteiger partial charge in [-0.25, -0.2) is 0 Å². The van der Waals surface area contributed by atoms with Crippen molar-refractivity contribution in [3.63, 3.8) is 0 Å². The molecule has 0 saturated carbocycles. The Morgan fingerprint density at radius 1 is 1.32 bits per heavy atom. The number of nitrogens with two attached hydrogens (primary N) is 1. The molecule has 1 heterocycles. The van der Waals surface area contributed by atoms with E-state index in [9.17, 15) is 0 Å². The molecular formula is C14H23NO3Si. The molecule has 19 heavy (non-hydrogen) atoms. The van der Waals surface area contributed by atoms with E-state index in [1.165, 1.54) is 0 Å². The smallest absolute Gasteiger partial charge is 0.386 e. The Morgan fingerprint density at radius 2 is 2.00 bits per heavy atom. The van der Waals surface area contributed by atoms with Crippen molar-refractivity contribution in [3.05, 3.63) is 30.3 Å². The van der Waals surface area contributed by atoms with Crippen molar-refractivity contribution in [1.29, 1.82) is 0 Å². The van der Waals surface area contributed by atoms with E-state index in [4.69, 9.17) is 19.3 Å². The van der Waals surface area contributed by atoms with Gasteiger partial charge >= 0.3 is 8.56 Å². The Bertz CT molecular complexity index is 385. The quantitative estimate of drug-likeness (QED) is 0.755. The molecule has 1 unspecified atom stereocenters. The average molecular weight is 281 g/mol. The zero-order valence-electron chi connectivity index (χ0n) is 11.7. The molecule has 0 aliphatic carbocycles. The van der Waals surface area contributed by atoms with Gasteiger partial charge in [0, 0.05) is 25.3 Å². The highest BCUT2D eigenvalue weighted by atomic mass is 28.4. The SMILES string of the molecule is CCC1(CO[Si](CN)(OC)c2ccccc2)COC1. The minimum absolute atomic E-state index is 0.154. The summed E-state index contributed by atoms with van der Waals surface area (Å²) >= 11 is 0. The Hall–Kier alpha value is -0.723. The van der Waals surface area contributed by atoms with E-state index < -0.39 is 8.56 Å². The summed E-state index contributed by atoms with van der Waals surface area (Å²) in [6, 6.07) is 10.1. The number of ether oxygens (including phenoxy) is 1. The van der Waals surface area contributed by atoms with E-state index in [0.717, 1.165) is 24.8 Å². The normalized spacial score (nSPS) is 20.6. The molecule has 2 rings (SSSR count). The van der Waals surface area contributed by atoms with E-state index in [2.05, 4.69) is 6.92 Å². The zero-order valence-corrected chi connectivity index (χ0v) is 12.7. The third kappa shape index (κ3) is 2.90. The van der Waals surface area contributed by atoms with E-state index in [1.807, 2.05) is 30.3 Å². The standard InChI is InChI=1S/C14H23NO3Si/c1-3-14(9-17-10-14)11-18-19(12-15,16-2)13-7-5-4-6-8-13/h4-8H,3,9-12,15H2,1-2H3. The highest BCUT2D eigenvalue weighted by molar-refractivity contribution is 6.81. The van der Waals surface area contributed by atoms with Crippen LogP contribution in [0.4, 0.5) is 0 Å². The van der Waals surface area contributed by atoms with E-state index >= 15 is 0 Å². The van der Waals surface area contributed by atoms with Crippen LogP contribution in [0.2, 0.25) is 0 Å². The van der Waals surface area contributed by atoms with Crippen LogP contribution >= 0.6 is 0 Å². The van der Waals surface area contributed by atoms with Crippen LogP contribution in [0.25, 0.3) is 0 Å². The third-order valence-corrected chi connectivity index (χ3v) is 7.01. The van der Waals surface area contributed by atoms with Crippen LogP contribution in [-0.2, 0) is 13.6 Å². The predicted octanol–water partition coefficient (Wildman–Crippen LogP) is 0.923. The van der Waals surface area contributed by atoms with E-state index in [1.54, 1.807) is 7.11 Å². The van der Waals surface area contributed by atoms with Crippen molar-refractivity contribution < 1.29 is 13.6 Å². The second-order valence-corrected chi connectivity index (χ2v) is 8.35. The average Bonchev–Trinajstić information content (AvgIpc) is 2.44. The molecule has 5 heteroatoms. The highest BCUT2D eigenvalue weighted by Gasteiger charge is 2.43. The fourth-order valence-electron chi connectivity index (χ4n) is 2.26. The second-order valence-electron chi connectivity index (χ2n) is 5.16. The van der Waals surface area contributed by atoms with Crippen molar-refractivity contribution in [3.8, 4) is 0 Å². The molecule has 0 amide bonds. The van der Waals surface area contributed by atoms with Gasteiger partial charge in [-0.05, 0) is 11.6 Å². The molecule has 0 aromatic heterocycles. The molecule has 1 aliphatic rings. The van der Waals surface area contributed by atoms with Gasteiger partial charge in [0.15, 0.2) is 0 Å². The number of hydrogen-bond acceptors (Lipinski definition) is 4. The first-order chi connectivity index (χ1) is 9.20. The molecule has 0 bridgehead atoms. The van der Waals surface area contributed by atoms with Gasteiger partial charge in [-0.3, -0.25) is 0 Å². The molecule has 1 aromatic rings. The fourth-order valence-corrected chi connectivity index (χ4v) is 4.54. The van der Waals surface area contributed by atoms with Crippen molar-refractivity contribution in [2.45, 2.75) is 13.3 Å². The first kappa shape index (κ1) is 14.7. The molecule has 1 aliphatic heterocycles. The maximum absolute atomic E-state index is 6.22. The van der Waals surface area contributed by atoms with Gasteiger partial charge in [0.25, 0.3) is 0 Å². The maximum Gasteiger partial charge on any atom is 0.386 e. The number of benzene rings is 1. The molecule has 1 fully saturated rings. The summed E-state index contributed by atoms with van der Waals surface area (Å²) in [5.74, 6) is 0. The molecule has 2 N–H and O–H groups in total. The molecule has 106 valence electrons. The predicted molar refractivity (Wildman–Crippen MR) is 77.4 cm³/mol. The van der Waals surface area contributed by atoms with Gasteiger partial charge in [0.05, 0.1) is 13.2 Å². The van der Waals surface area contributed by atoms with Gasteiger partial charge in [-0.15, -0.1) is 0 Å². The Kier molecular flexibility index (Phi) is 4.75. The summed E-state index contributed by atoms with van der Waals surface area (Å²) < 4.78 is 17.3. The van der Waals surface area contributed by atoms with Gasteiger partial charge in [-0.1, -0.05) is 37.3 Å². The molecule has 0 radical (unpaired) electrons. The van der Waals surface area contributed by atoms with Crippen LogP contribution in [-0.4, -0.2) is 41.7 Å². The highest BCUT2D eigenvalue weighted by Crippen LogP contribution is 2.32. The van der Waals surface area contributed by atoms with Gasteiger partial charge < -0.3 is 19.3 Å². The Balaban J connectivity index is 2.11. The van der Waals surface area contributed by atoms with Crippen molar-refractivity contribution in [1.82, 2.24) is 0 Å². The van der Waals surface area contributed by atoms with Crippen LogP contribution in [0.1, 0.15) is 13.3 Å². The molecule has 4 nitrogen and oxygen atoms in total. The van der Waals surface area contributed by atoms with Crippen molar-refractivity contribution in [2.75, 3.05) is 33.1 Å². The van der Waals surface area contributed by atoms with E-state index in [-0.39, 0.29) is 5.41 Å². The van der Waals surface area contributed by atoms with Gasteiger partial charge in [0.1, 0.15) is 0 Å². The Labute approximate surface area is 116 Å². The fraction of sp³-hybridized carbons (Fsp3) is 0.571. The molecule has 1 aromatic carbocycles. The van der Waals surface area contributed by atoms with Gasteiger partial charge in [-0.2, -0.15) is 0 Å². The van der Waals surface area contributed by atoms with Crippen molar-refractivity contribution in [2.24, 2.45) is 11.1 Å². The summed E-state index contributed by atoms with van der Waals surface area (Å²) in [5.41, 5.74) is 6.11. The minimum Gasteiger partial charge on any atom is -0.394 e. The lowest BCUT2D eigenvalue weighted by Gasteiger charge is -2.42. The molecular weight excluding hydrogens is 258 g/mol. The van der Waals surface area contributed by atoms with E-state index in [0.29, 0.717) is 12.8 Å². The Morgan fingerprint density at radius 3 is 2.42 bits per heavy atom. The lowest BCUT2D eigenvalue weighted by Crippen LogP contribution is -2.61. The maximum atomic E-state index is 6.22. The largest absolute Gasteiger partial charge is 0.394 e. The zero-order chi connectivity index (χ0) is 13.8. The molecule has 0 spiro atoms. The molecule has 1 atom stereocenters. The topological polar surface area (TPSA) is 53.7 Å². The molecule has 1 saturated heterocycles. The van der Waals surface area contributed by atoms with Crippen LogP contribution in [0.5, 0.6) is 0 Å². The number of rotatable bonds is 7. The summed E-state index contributed by atoms with van der Waals surface area (Å²) in [5, 5.41) is 1.09. The van der Waals surface area contributed by atoms with Crippen LogP contribution < -0.4 is 10.9 Å². The summed E-state index contributed by atoms with van der Waals surface area (Å²) in [4.78, 5) is 0. The second kappa shape index (κ2) is 6.15. The lowest BCUT2D eigenvalue weighted by atomic mass is 9.84. The number of hydrogen-bond donors (Lipinski definition) is 1. The van der Waals surface area contributed by atoms with Crippen molar-refractivity contribution >= 4 is 13.7 Å². The van der Waals surface area contributed by atoms with Crippen LogP contribution in [0.3, 0.4) is 0 Å². The lowest BCUT2D eigenvalue weighted by molar-refractivity contribution is -0.137. The first-order valence-electron chi connectivity index (χ1n) is 6.73. The first-order valence-corrected chi connectivity index (χ1v) is 8.75. The summed E-state index contributed by atoms with van der Waals surface area (Å²) in [6.07, 6.45) is 1.48. The van der Waals surface area contributed by atoms with Crippen LogP contribution in [0.15, 0.2) is 30.3 Å². The summed E-state index contributed by atoms with van der Waals surface area (Å²) in [6.45, 7) is 4.39. The third-order valence-electron chi connectivity index (χ3n) is 3.99. The monoisotopic (exact) mass is 281 g/mol. The summed E-state index contributed by atoms with van der Waals surface area (Å²) in [7, 11) is -0.809. The van der Waals surface area contributed by atoms with Crippen LogP contribution in [0, 0.1) is 5.41 Å².